The van der Waals surface area contributed by atoms with Gasteiger partial charge in [-0.2, -0.15) is 0 Å². The van der Waals surface area contributed by atoms with Crippen LogP contribution in [0.15, 0.2) is 41.6 Å². The molecule has 2 aromatic heterocycles. The Morgan fingerprint density at radius 2 is 2.04 bits per heavy atom. The largest absolute Gasteiger partial charge is 0.395 e. The van der Waals surface area contributed by atoms with Gasteiger partial charge in [0.25, 0.3) is 5.56 Å². The Balaban J connectivity index is 1.53. The summed E-state index contributed by atoms with van der Waals surface area (Å²) in [5.41, 5.74) is 1.89. The topological polar surface area (TPSA) is 76.2 Å². The molecule has 0 radical (unpaired) electrons. The first-order valence-electron chi connectivity index (χ1n) is 10.1. The number of fused-ring (bicyclic) bond motifs is 1. The van der Waals surface area contributed by atoms with Gasteiger partial charge in [0.2, 0.25) is 0 Å². The molecule has 3 heterocycles. The summed E-state index contributed by atoms with van der Waals surface area (Å²) < 4.78 is 3.97. The Labute approximate surface area is 163 Å². The fraction of sp³-hybridized carbons (Fsp3) is 0.476. The molecule has 2 fully saturated rings. The number of aliphatic hydroxyl groups excluding tert-OH is 1. The van der Waals surface area contributed by atoms with Crippen LogP contribution in [0.5, 0.6) is 0 Å². The van der Waals surface area contributed by atoms with Crippen LogP contribution in [-0.2, 0) is 13.1 Å². The number of likely N-dealkylation sites (tertiary alicyclic amines) is 1. The highest BCUT2D eigenvalue weighted by Crippen LogP contribution is 2.37. The molecule has 1 aliphatic heterocycles. The molecule has 1 saturated carbocycles. The van der Waals surface area contributed by atoms with Gasteiger partial charge in [-0.3, -0.25) is 14.3 Å². The van der Waals surface area contributed by atoms with Crippen molar-refractivity contribution in [2.45, 2.75) is 50.9 Å². The van der Waals surface area contributed by atoms with Crippen LogP contribution in [0.25, 0.3) is 10.9 Å². The quantitative estimate of drug-likeness (QED) is 0.711. The first kappa shape index (κ1) is 17.6. The van der Waals surface area contributed by atoms with Crippen molar-refractivity contribution in [3.05, 3.63) is 58.7 Å². The lowest BCUT2D eigenvalue weighted by molar-refractivity contribution is 0.219. The highest BCUT2D eigenvalue weighted by atomic mass is 16.3. The van der Waals surface area contributed by atoms with Gasteiger partial charge in [-0.05, 0) is 44.4 Å². The first-order valence-corrected chi connectivity index (χ1v) is 10.1. The Morgan fingerprint density at radius 1 is 1.18 bits per heavy atom. The highest BCUT2D eigenvalue weighted by Gasteiger charge is 2.32. The van der Waals surface area contributed by atoms with E-state index >= 15 is 0 Å². The predicted molar refractivity (Wildman–Crippen MR) is 106 cm³/mol. The maximum absolute atomic E-state index is 13.1. The number of rotatable bonds is 6. The van der Waals surface area contributed by atoms with Crippen molar-refractivity contribution in [2.75, 3.05) is 13.2 Å². The van der Waals surface area contributed by atoms with Crippen LogP contribution in [0.3, 0.4) is 0 Å². The number of imidazole rings is 1. The second kappa shape index (κ2) is 7.14. The minimum atomic E-state index is -0.0753. The molecule has 7 nitrogen and oxygen atoms in total. The predicted octanol–water partition coefficient (Wildman–Crippen LogP) is 2.26. The normalized spacial score (nSPS) is 20.2. The van der Waals surface area contributed by atoms with Crippen molar-refractivity contribution in [2.24, 2.45) is 0 Å². The van der Waals surface area contributed by atoms with Crippen LogP contribution in [0.2, 0.25) is 0 Å². The molecule has 1 N–H and O–H groups in total. The molecule has 5 rings (SSSR count). The Morgan fingerprint density at radius 3 is 2.86 bits per heavy atom. The van der Waals surface area contributed by atoms with Crippen LogP contribution < -0.4 is 5.56 Å². The molecule has 2 aliphatic rings. The zero-order chi connectivity index (χ0) is 19.1. The van der Waals surface area contributed by atoms with E-state index in [0.29, 0.717) is 11.4 Å². The van der Waals surface area contributed by atoms with E-state index in [1.165, 1.54) is 18.5 Å². The second-order valence-electron chi connectivity index (χ2n) is 7.82. The van der Waals surface area contributed by atoms with E-state index in [2.05, 4.69) is 14.5 Å². The van der Waals surface area contributed by atoms with Crippen molar-refractivity contribution in [1.82, 2.24) is 24.0 Å². The van der Waals surface area contributed by atoms with Crippen LogP contribution >= 0.6 is 0 Å². The molecule has 1 aliphatic carbocycles. The Hall–Kier alpha value is -2.51. The van der Waals surface area contributed by atoms with Crippen molar-refractivity contribution >= 4 is 10.9 Å². The summed E-state index contributed by atoms with van der Waals surface area (Å²) in [6.45, 7) is 1.98. The molecule has 1 unspecified atom stereocenters. The summed E-state index contributed by atoms with van der Waals surface area (Å²) in [7, 11) is 0. The molecular formula is C21H25N5O2. The molecule has 0 bridgehead atoms. The van der Waals surface area contributed by atoms with E-state index in [1.54, 1.807) is 4.57 Å². The zero-order valence-electron chi connectivity index (χ0n) is 15.9. The average molecular weight is 379 g/mol. The van der Waals surface area contributed by atoms with Crippen molar-refractivity contribution in [3.63, 3.8) is 0 Å². The lowest BCUT2D eigenvalue weighted by Gasteiger charge is -2.26. The lowest BCUT2D eigenvalue weighted by atomic mass is 10.1. The van der Waals surface area contributed by atoms with E-state index in [-0.39, 0.29) is 24.8 Å². The summed E-state index contributed by atoms with van der Waals surface area (Å²) in [5, 5.41) is 10.2. The van der Waals surface area contributed by atoms with Gasteiger partial charge < -0.3 is 9.67 Å². The van der Waals surface area contributed by atoms with Gasteiger partial charge in [-0.15, -0.1) is 0 Å². The summed E-state index contributed by atoms with van der Waals surface area (Å²) in [5.74, 6) is 0.771. The van der Waals surface area contributed by atoms with E-state index in [9.17, 15) is 9.90 Å². The number of aliphatic hydroxyl groups is 1. The highest BCUT2D eigenvalue weighted by molar-refractivity contribution is 5.77. The summed E-state index contributed by atoms with van der Waals surface area (Å²) in [6, 6.07) is 8.15. The van der Waals surface area contributed by atoms with Gasteiger partial charge in [0.05, 0.1) is 42.1 Å². The van der Waals surface area contributed by atoms with Gasteiger partial charge in [0.1, 0.15) is 5.82 Å². The summed E-state index contributed by atoms with van der Waals surface area (Å²) in [4.78, 5) is 24.7. The first-order chi connectivity index (χ1) is 13.8. The second-order valence-corrected chi connectivity index (χ2v) is 7.82. The van der Waals surface area contributed by atoms with Gasteiger partial charge in [-0.1, -0.05) is 12.1 Å². The van der Waals surface area contributed by atoms with Crippen LogP contribution in [0.1, 0.15) is 49.3 Å². The lowest BCUT2D eigenvalue weighted by Crippen LogP contribution is -2.33. The number of hydrogen-bond acceptors (Lipinski definition) is 5. The molecule has 3 aromatic rings. The average Bonchev–Trinajstić information content (AvgIpc) is 3.27. The standard InChI is InChI=1S/C21H25N5O2/c27-11-10-25-20(23-18-5-2-1-4-17(18)21(25)28)19-6-3-9-24(19)13-16-12-22-14-26(16)15-7-8-15/h1-2,4-5,12,14-15,19,27H,3,6-11,13H2. The molecule has 7 heteroatoms. The molecule has 1 atom stereocenters. The molecule has 146 valence electrons. The van der Waals surface area contributed by atoms with E-state index in [0.717, 1.165) is 37.3 Å². The van der Waals surface area contributed by atoms with E-state index in [4.69, 9.17) is 4.98 Å². The zero-order valence-corrected chi connectivity index (χ0v) is 15.9. The molecular weight excluding hydrogens is 354 g/mol. The smallest absolute Gasteiger partial charge is 0.261 e. The van der Waals surface area contributed by atoms with Gasteiger partial charge in [0, 0.05) is 18.8 Å². The Bertz CT molecular complexity index is 1050. The summed E-state index contributed by atoms with van der Waals surface area (Å²) >= 11 is 0. The van der Waals surface area contributed by atoms with E-state index < -0.39 is 0 Å². The monoisotopic (exact) mass is 379 g/mol. The number of para-hydroxylation sites is 1. The van der Waals surface area contributed by atoms with Crippen LogP contribution in [-0.4, -0.2) is 42.3 Å². The van der Waals surface area contributed by atoms with Crippen molar-refractivity contribution in [3.8, 4) is 0 Å². The van der Waals surface area contributed by atoms with Gasteiger partial charge >= 0.3 is 0 Å². The minimum Gasteiger partial charge on any atom is -0.395 e. The third-order valence-electron chi connectivity index (χ3n) is 5.93. The fourth-order valence-electron chi connectivity index (χ4n) is 4.41. The molecule has 0 amide bonds. The molecule has 0 spiro atoms. The number of benzene rings is 1. The van der Waals surface area contributed by atoms with Gasteiger partial charge in [0.15, 0.2) is 0 Å². The maximum atomic E-state index is 13.1. The fourth-order valence-corrected chi connectivity index (χ4v) is 4.41. The molecule has 1 aromatic carbocycles. The van der Waals surface area contributed by atoms with Crippen LogP contribution in [0, 0.1) is 0 Å². The van der Waals surface area contributed by atoms with Crippen molar-refractivity contribution < 1.29 is 5.11 Å². The number of nitrogens with zero attached hydrogens (tertiary/aromatic N) is 5. The SMILES string of the molecule is O=c1c2ccccc2nc(C2CCCN2Cc2cncn2C2CC2)n1CCO. The number of aromatic nitrogens is 4. The Kier molecular flexibility index (Phi) is 4.49. The third-order valence-corrected chi connectivity index (χ3v) is 5.93. The summed E-state index contributed by atoms with van der Waals surface area (Å²) in [6.07, 6.45) is 8.40. The van der Waals surface area contributed by atoms with Crippen molar-refractivity contribution in [1.29, 1.82) is 0 Å². The molecule has 1 saturated heterocycles. The van der Waals surface area contributed by atoms with Gasteiger partial charge in [-0.25, -0.2) is 9.97 Å². The number of hydrogen-bond donors (Lipinski definition) is 1. The third kappa shape index (κ3) is 3.04. The van der Waals surface area contributed by atoms with Crippen LogP contribution in [0.4, 0.5) is 0 Å². The minimum absolute atomic E-state index is 0.0653. The van der Waals surface area contributed by atoms with E-state index in [1.807, 2.05) is 36.8 Å². The molecule has 28 heavy (non-hydrogen) atoms. The maximum Gasteiger partial charge on any atom is 0.261 e.